The monoisotopic (exact) mass is 320 g/mol. The SMILES string of the molecule is C=Cc1cc(/C=C/c2ccc(C)cc2C)cc(C(C)(C)C)c1.CC. The molecule has 0 unspecified atom stereocenters. The standard InChI is InChI=1S/C22H26.C2H6/c1-7-18-13-19(15-21(14-18)22(4,5)6)9-11-20-10-8-16(2)12-17(20)3;1-2/h7-15H,1H2,2-6H3;1-2H3/b11-9+;. The molecule has 128 valence electrons. The summed E-state index contributed by atoms with van der Waals surface area (Å²) >= 11 is 0. The van der Waals surface area contributed by atoms with Crippen molar-refractivity contribution in [2.75, 3.05) is 0 Å². The topological polar surface area (TPSA) is 0 Å². The number of hydrogen-bond acceptors (Lipinski definition) is 0. The zero-order chi connectivity index (χ0) is 18.3. The van der Waals surface area contributed by atoms with E-state index in [2.05, 4.69) is 89.7 Å². The lowest BCUT2D eigenvalue weighted by Gasteiger charge is -2.20. The molecule has 0 saturated heterocycles. The third-order valence-corrected chi connectivity index (χ3v) is 3.96. The van der Waals surface area contributed by atoms with Crippen LogP contribution in [0.4, 0.5) is 0 Å². The third kappa shape index (κ3) is 5.53. The number of rotatable bonds is 3. The second-order valence-corrected chi connectivity index (χ2v) is 7.04. The maximum absolute atomic E-state index is 3.91. The van der Waals surface area contributed by atoms with E-state index >= 15 is 0 Å². The van der Waals surface area contributed by atoms with Crippen LogP contribution in [0.1, 0.15) is 68.0 Å². The summed E-state index contributed by atoms with van der Waals surface area (Å²) < 4.78 is 0. The molecule has 0 fully saturated rings. The minimum Gasteiger partial charge on any atom is -0.0985 e. The van der Waals surface area contributed by atoms with E-state index in [4.69, 9.17) is 0 Å². The highest BCUT2D eigenvalue weighted by molar-refractivity contribution is 5.73. The summed E-state index contributed by atoms with van der Waals surface area (Å²) in [7, 11) is 0. The number of aryl methyl sites for hydroxylation is 2. The fourth-order valence-corrected chi connectivity index (χ4v) is 2.52. The largest absolute Gasteiger partial charge is 0.0985 e. The van der Waals surface area contributed by atoms with Gasteiger partial charge in [-0.25, -0.2) is 0 Å². The van der Waals surface area contributed by atoms with E-state index in [1.165, 1.54) is 33.4 Å². The zero-order valence-electron chi connectivity index (χ0n) is 16.4. The lowest BCUT2D eigenvalue weighted by Crippen LogP contribution is -2.11. The van der Waals surface area contributed by atoms with Gasteiger partial charge in [0, 0.05) is 0 Å². The van der Waals surface area contributed by atoms with Crippen LogP contribution in [0.15, 0.2) is 43.0 Å². The molecule has 0 aliphatic rings. The van der Waals surface area contributed by atoms with Gasteiger partial charge in [0.2, 0.25) is 0 Å². The van der Waals surface area contributed by atoms with E-state index in [1.54, 1.807) is 0 Å². The molecule has 0 aromatic heterocycles. The Bertz CT molecular complexity index is 709. The van der Waals surface area contributed by atoms with Gasteiger partial charge in [0.05, 0.1) is 0 Å². The molecule has 0 nitrogen and oxygen atoms in total. The van der Waals surface area contributed by atoms with Crippen molar-refractivity contribution in [3.8, 4) is 0 Å². The first-order valence-corrected chi connectivity index (χ1v) is 8.83. The Morgan fingerprint density at radius 1 is 0.833 bits per heavy atom. The Morgan fingerprint density at radius 3 is 2.00 bits per heavy atom. The molecule has 0 heterocycles. The van der Waals surface area contributed by atoms with Crippen LogP contribution >= 0.6 is 0 Å². The number of benzene rings is 2. The maximum Gasteiger partial charge on any atom is -0.0131 e. The van der Waals surface area contributed by atoms with E-state index in [0.717, 1.165) is 0 Å². The van der Waals surface area contributed by atoms with Crippen LogP contribution in [0.3, 0.4) is 0 Å². The predicted octanol–water partition coefficient (Wildman–Crippen LogP) is 7.44. The Kier molecular flexibility index (Phi) is 7.22. The van der Waals surface area contributed by atoms with Crippen molar-refractivity contribution >= 4 is 18.2 Å². The molecule has 0 N–H and O–H groups in total. The van der Waals surface area contributed by atoms with Crippen LogP contribution in [0.5, 0.6) is 0 Å². The second kappa shape index (κ2) is 8.68. The van der Waals surface area contributed by atoms with Crippen molar-refractivity contribution in [2.24, 2.45) is 0 Å². The van der Waals surface area contributed by atoms with Crippen molar-refractivity contribution in [3.63, 3.8) is 0 Å². The molecule has 2 aromatic carbocycles. The van der Waals surface area contributed by atoms with Crippen molar-refractivity contribution in [1.29, 1.82) is 0 Å². The third-order valence-electron chi connectivity index (χ3n) is 3.96. The van der Waals surface area contributed by atoms with Gasteiger partial charge in [0.15, 0.2) is 0 Å². The van der Waals surface area contributed by atoms with E-state index in [0.29, 0.717) is 0 Å². The molecule has 0 amide bonds. The molecular formula is C24H32. The highest BCUT2D eigenvalue weighted by Gasteiger charge is 2.14. The molecule has 0 aliphatic heterocycles. The first-order valence-electron chi connectivity index (χ1n) is 8.83. The lowest BCUT2D eigenvalue weighted by atomic mass is 9.85. The average Bonchev–Trinajstić information content (AvgIpc) is 2.55. The van der Waals surface area contributed by atoms with Crippen LogP contribution < -0.4 is 0 Å². The summed E-state index contributed by atoms with van der Waals surface area (Å²) in [6, 6.07) is 13.2. The van der Waals surface area contributed by atoms with E-state index < -0.39 is 0 Å². The quantitative estimate of drug-likeness (QED) is 0.515. The molecule has 24 heavy (non-hydrogen) atoms. The van der Waals surface area contributed by atoms with Gasteiger partial charge < -0.3 is 0 Å². The molecule has 0 aliphatic carbocycles. The van der Waals surface area contributed by atoms with Gasteiger partial charge in [-0.3, -0.25) is 0 Å². The van der Waals surface area contributed by atoms with Gasteiger partial charge >= 0.3 is 0 Å². The van der Waals surface area contributed by atoms with Gasteiger partial charge in [0.25, 0.3) is 0 Å². The molecule has 0 bridgehead atoms. The van der Waals surface area contributed by atoms with Crippen LogP contribution in [0, 0.1) is 13.8 Å². The Labute approximate surface area is 148 Å². The molecule has 2 aromatic rings. The van der Waals surface area contributed by atoms with Crippen molar-refractivity contribution < 1.29 is 0 Å². The highest BCUT2D eigenvalue weighted by atomic mass is 14.2. The average molecular weight is 321 g/mol. The molecular weight excluding hydrogens is 288 g/mol. The van der Waals surface area contributed by atoms with Crippen LogP contribution in [-0.2, 0) is 5.41 Å². The van der Waals surface area contributed by atoms with Gasteiger partial charge in [-0.1, -0.05) is 95.3 Å². The van der Waals surface area contributed by atoms with Crippen LogP contribution in [0.25, 0.3) is 18.2 Å². The summed E-state index contributed by atoms with van der Waals surface area (Å²) in [4.78, 5) is 0. The molecule has 0 saturated carbocycles. The lowest BCUT2D eigenvalue weighted by molar-refractivity contribution is 0.590. The Balaban J connectivity index is 0.00000139. The summed E-state index contributed by atoms with van der Waals surface area (Å²) in [5.41, 5.74) is 7.76. The van der Waals surface area contributed by atoms with Crippen LogP contribution in [-0.4, -0.2) is 0 Å². The molecule has 0 radical (unpaired) electrons. The smallest absolute Gasteiger partial charge is 0.0131 e. The second-order valence-electron chi connectivity index (χ2n) is 7.04. The minimum absolute atomic E-state index is 0.140. The summed E-state index contributed by atoms with van der Waals surface area (Å²) in [5, 5.41) is 0. The Hall–Kier alpha value is -2.08. The first-order chi connectivity index (χ1) is 11.3. The Morgan fingerprint density at radius 2 is 1.46 bits per heavy atom. The van der Waals surface area contributed by atoms with Gasteiger partial charge in [0.1, 0.15) is 0 Å². The van der Waals surface area contributed by atoms with E-state index in [1.807, 2.05) is 19.9 Å². The molecule has 0 heteroatoms. The molecule has 0 atom stereocenters. The predicted molar refractivity (Wildman–Crippen MR) is 111 cm³/mol. The molecule has 0 spiro atoms. The van der Waals surface area contributed by atoms with Gasteiger partial charge in [-0.05, 0) is 53.1 Å². The number of hydrogen-bond donors (Lipinski definition) is 0. The summed E-state index contributed by atoms with van der Waals surface area (Å²) in [6.07, 6.45) is 6.31. The zero-order valence-corrected chi connectivity index (χ0v) is 16.4. The summed E-state index contributed by atoms with van der Waals surface area (Å²) in [6.45, 7) is 18.9. The highest BCUT2D eigenvalue weighted by Crippen LogP contribution is 2.26. The normalized spacial score (nSPS) is 11.1. The maximum atomic E-state index is 3.91. The fourth-order valence-electron chi connectivity index (χ4n) is 2.52. The van der Waals surface area contributed by atoms with Crippen molar-refractivity contribution in [1.82, 2.24) is 0 Å². The first kappa shape index (κ1) is 20.0. The van der Waals surface area contributed by atoms with Crippen LogP contribution in [0.2, 0.25) is 0 Å². The van der Waals surface area contributed by atoms with Gasteiger partial charge in [-0.2, -0.15) is 0 Å². The van der Waals surface area contributed by atoms with E-state index in [-0.39, 0.29) is 5.41 Å². The fraction of sp³-hybridized carbons (Fsp3) is 0.333. The van der Waals surface area contributed by atoms with Gasteiger partial charge in [-0.15, -0.1) is 0 Å². The van der Waals surface area contributed by atoms with Crippen molar-refractivity contribution in [3.05, 3.63) is 76.4 Å². The van der Waals surface area contributed by atoms with E-state index in [9.17, 15) is 0 Å². The molecule has 2 rings (SSSR count). The summed E-state index contributed by atoms with van der Waals surface area (Å²) in [5.74, 6) is 0. The minimum atomic E-state index is 0.140. The van der Waals surface area contributed by atoms with Crippen molar-refractivity contribution in [2.45, 2.75) is 53.9 Å².